The minimum atomic E-state index is -0.624. The number of carbonyl (C=O) groups excluding carboxylic acids is 3. The average Bonchev–Trinajstić information content (AvgIpc) is 2.87. The van der Waals surface area contributed by atoms with Gasteiger partial charge in [0.2, 0.25) is 11.8 Å². The fourth-order valence-corrected chi connectivity index (χ4v) is 5.54. The van der Waals surface area contributed by atoms with Gasteiger partial charge in [-0.3, -0.25) is 14.5 Å². The molecule has 0 saturated carbocycles. The Kier molecular flexibility index (Phi) is 6.68. The maximum absolute atomic E-state index is 13.4. The van der Waals surface area contributed by atoms with Crippen LogP contribution in [-0.2, 0) is 25.5 Å². The van der Waals surface area contributed by atoms with E-state index < -0.39 is 17.4 Å². The number of amides is 2. The van der Waals surface area contributed by atoms with E-state index in [9.17, 15) is 14.4 Å². The molecule has 1 N–H and O–H groups in total. The summed E-state index contributed by atoms with van der Waals surface area (Å²) in [6, 6.07) is 28.5. The molecule has 1 fully saturated rings. The molecule has 3 aromatic carbocycles. The van der Waals surface area contributed by atoms with E-state index in [1.807, 2.05) is 91.0 Å². The van der Waals surface area contributed by atoms with Crippen LogP contribution in [0.25, 0.3) is 0 Å². The fourth-order valence-electron chi connectivity index (χ4n) is 4.20. The molecule has 0 aromatic heterocycles. The van der Waals surface area contributed by atoms with Gasteiger partial charge >= 0.3 is 5.97 Å². The normalized spacial score (nSPS) is 18.8. The van der Waals surface area contributed by atoms with Crippen LogP contribution in [0, 0.1) is 0 Å². The summed E-state index contributed by atoms with van der Waals surface area (Å²) in [6.07, 6.45) is 1.56. The Morgan fingerprint density at radius 3 is 2.06 bits per heavy atom. The van der Waals surface area contributed by atoms with Crippen molar-refractivity contribution in [3.63, 3.8) is 0 Å². The van der Waals surface area contributed by atoms with Crippen LogP contribution in [0.5, 0.6) is 0 Å². The van der Waals surface area contributed by atoms with Gasteiger partial charge in [0.1, 0.15) is 5.70 Å². The first kappa shape index (κ1) is 22.9. The zero-order chi connectivity index (χ0) is 24.2. The Bertz CT molecular complexity index is 1210. The van der Waals surface area contributed by atoms with Crippen molar-refractivity contribution < 1.29 is 19.1 Å². The highest BCUT2D eigenvalue weighted by Crippen LogP contribution is 2.41. The minimum Gasteiger partial charge on any atom is -0.448 e. The molecule has 35 heavy (non-hydrogen) atoms. The summed E-state index contributed by atoms with van der Waals surface area (Å²) in [5.41, 5.74) is 2.74. The number of hydrogen-bond acceptors (Lipinski definition) is 5. The zero-order valence-corrected chi connectivity index (χ0v) is 19.7. The van der Waals surface area contributed by atoms with Gasteiger partial charge in [-0.1, -0.05) is 91.0 Å². The molecule has 5 rings (SSSR count). The van der Waals surface area contributed by atoms with Crippen molar-refractivity contribution in [1.82, 2.24) is 10.2 Å². The molecule has 3 aromatic rings. The average molecular weight is 485 g/mol. The van der Waals surface area contributed by atoms with Gasteiger partial charge in [-0.05, 0) is 22.8 Å². The van der Waals surface area contributed by atoms with E-state index >= 15 is 0 Å². The smallest absolute Gasteiger partial charge is 0.355 e. The van der Waals surface area contributed by atoms with E-state index in [0.29, 0.717) is 6.42 Å². The maximum Gasteiger partial charge on any atom is 0.355 e. The molecule has 0 radical (unpaired) electrons. The van der Waals surface area contributed by atoms with E-state index in [-0.39, 0.29) is 29.3 Å². The highest BCUT2D eigenvalue weighted by molar-refractivity contribution is 8.00. The van der Waals surface area contributed by atoms with Crippen LogP contribution in [0.2, 0.25) is 0 Å². The molecule has 2 aliphatic heterocycles. The number of hydrogen-bond donors (Lipinski definition) is 1. The number of β-lactam (4-membered cyclic amide) rings is 1. The Morgan fingerprint density at radius 2 is 1.49 bits per heavy atom. The lowest BCUT2D eigenvalue weighted by atomic mass is 10.0. The fraction of sp³-hybridized carbons (Fsp3) is 0.179. The molecule has 0 bridgehead atoms. The van der Waals surface area contributed by atoms with E-state index in [1.165, 1.54) is 16.7 Å². The van der Waals surface area contributed by atoms with Crippen molar-refractivity contribution >= 4 is 29.5 Å². The Morgan fingerprint density at radius 1 is 0.914 bits per heavy atom. The van der Waals surface area contributed by atoms with Crippen LogP contribution in [-0.4, -0.2) is 33.4 Å². The molecule has 0 aliphatic carbocycles. The van der Waals surface area contributed by atoms with Crippen molar-refractivity contribution in [2.75, 3.05) is 0 Å². The van der Waals surface area contributed by atoms with Crippen molar-refractivity contribution in [2.45, 2.75) is 29.7 Å². The monoisotopic (exact) mass is 484 g/mol. The first-order valence-corrected chi connectivity index (χ1v) is 12.4. The summed E-state index contributed by atoms with van der Waals surface area (Å²) in [4.78, 5) is 39.9. The lowest BCUT2D eigenvalue weighted by Crippen LogP contribution is -2.56. The first-order valence-electron chi connectivity index (χ1n) is 11.4. The van der Waals surface area contributed by atoms with Gasteiger partial charge in [-0.25, -0.2) is 4.79 Å². The highest BCUT2D eigenvalue weighted by atomic mass is 32.2. The highest BCUT2D eigenvalue weighted by Gasteiger charge is 2.46. The van der Waals surface area contributed by atoms with Gasteiger partial charge in [0, 0.05) is 0 Å². The standard InChI is InChI=1S/C28H24N2O4S/c31-23(16-19-10-4-1-5-11-19)29-24-17-22(30-25(32)18-26(30)35-24)28(33)34-27(20-12-6-2-7-13-20)21-14-8-3-9-15-21/h1-15,17,24,26-27H,16,18H2,(H,29,31)/t24?,26-/m1/s1. The second-order valence-corrected chi connectivity index (χ2v) is 9.69. The quantitative estimate of drug-likeness (QED) is 0.402. The lowest BCUT2D eigenvalue weighted by Gasteiger charge is -2.45. The maximum atomic E-state index is 13.4. The van der Waals surface area contributed by atoms with Crippen LogP contribution in [0.3, 0.4) is 0 Å². The van der Waals surface area contributed by atoms with Gasteiger partial charge in [0.15, 0.2) is 6.10 Å². The van der Waals surface area contributed by atoms with Gasteiger partial charge in [-0.2, -0.15) is 0 Å². The molecule has 1 unspecified atom stereocenters. The van der Waals surface area contributed by atoms with Gasteiger partial charge < -0.3 is 10.1 Å². The van der Waals surface area contributed by atoms with E-state index in [4.69, 9.17) is 4.74 Å². The summed E-state index contributed by atoms with van der Waals surface area (Å²) in [6.45, 7) is 0. The molecule has 1 saturated heterocycles. The summed E-state index contributed by atoms with van der Waals surface area (Å²) in [7, 11) is 0. The number of fused-ring (bicyclic) bond motifs is 1. The second kappa shape index (κ2) is 10.2. The molecular weight excluding hydrogens is 460 g/mol. The molecular formula is C28H24N2O4S. The molecule has 2 aliphatic rings. The SMILES string of the molecule is O=C(Cc1ccccc1)NC1C=C(C(=O)OC(c2ccccc2)c2ccccc2)N2C(=O)C[C@H]2S1. The number of carbonyl (C=O) groups is 3. The molecule has 2 atom stereocenters. The van der Waals surface area contributed by atoms with Gasteiger partial charge in [0.05, 0.1) is 23.6 Å². The largest absolute Gasteiger partial charge is 0.448 e. The predicted molar refractivity (Wildman–Crippen MR) is 134 cm³/mol. The Hall–Kier alpha value is -3.84. The number of nitrogens with zero attached hydrogens (tertiary/aromatic N) is 1. The first-order chi connectivity index (χ1) is 17.1. The molecule has 2 amide bonds. The molecule has 2 heterocycles. The van der Waals surface area contributed by atoms with E-state index in [2.05, 4.69) is 5.32 Å². The third-order valence-electron chi connectivity index (χ3n) is 5.93. The zero-order valence-electron chi connectivity index (χ0n) is 18.9. The van der Waals surface area contributed by atoms with Crippen LogP contribution < -0.4 is 5.32 Å². The third kappa shape index (κ3) is 5.15. The van der Waals surface area contributed by atoms with Crippen LogP contribution in [0.15, 0.2) is 103 Å². The third-order valence-corrected chi connectivity index (χ3v) is 7.17. The van der Waals surface area contributed by atoms with Crippen LogP contribution in [0.4, 0.5) is 0 Å². The van der Waals surface area contributed by atoms with Crippen LogP contribution >= 0.6 is 11.8 Å². The molecule has 176 valence electrons. The van der Waals surface area contributed by atoms with Gasteiger partial charge in [0.25, 0.3) is 0 Å². The topological polar surface area (TPSA) is 75.7 Å². The number of thioether (sulfide) groups is 1. The lowest BCUT2D eigenvalue weighted by molar-refractivity contribution is -0.151. The Balaban J connectivity index is 1.36. The Labute approximate surface area is 208 Å². The van der Waals surface area contributed by atoms with E-state index in [0.717, 1.165) is 16.7 Å². The summed E-state index contributed by atoms with van der Waals surface area (Å²) in [5.74, 6) is -0.873. The number of esters is 1. The van der Waals surface area contributed by atoms with Crippen molar-refractivity contribution in [2.24, 2.45) is 0 Å². The summed E-state index contributed by atoms with van der Waals surface area (Å²) in [5, 5.41) is 2.33. The predicted octanol–water partition coefficient (Wildman–Crippen LogP) is 4.19. The number of ether oxygens (including phenoxy) is 1. The van der Waals surface area contributed by atoms with Crippen molar-refractivity contribution in [1.29, 1.82) is 0 Å². The number of benzene rings is 3. The number of nitrogens with one attached hydrogen (secondary N) is 1. The number of rotatable bonds is 7. The van der Waals surface area contributed by atoms with Crippen LogP contribution in [0.1, 0.15) is 29.2 Å². The summed E-state index contributed by atoms with van der Waals surface area (Å²) >= 11 is 1.45. The summed E-state index contributed by atoms with van der Waals surface area (Å²) < 4.78 is 5.99. The van der Waals surface area contributed by atoms with Gasteiger partial charge in [-0.15, -0.1) is 11.8 Å². The van der Waals surface area contributed by atoms with E-state index in [1.54, 1.807) is 6.08 Å². The molecule has 0 spiro atoms. The van der Waals surface area contributed by atoms with Crippen molar-refractivity contribution in [3.8, 4) is 0 Å². The molecule has 7 heteroatoms. The minimum absolute atomic E-state index is 0.129. The van der Waals surface area contributed by atoms with Crippen molar-refractivity contribution in [3.05, 3.63) is 119 Å². The second-order valence-electron chi connectivity index (χ2n) is 8.37. The molecule has 6 nitrogen and oxygen atoms in total.